The van der Waals surface area contributed by atoms with Gasteiger partial charge in [-0.3, -0.25) is 4.79 Å². The minimum Gasteiger partial charge on any atom is -0.490 e. The molecule has 0 heterocycles. The van der Waals surface area contributed by atoms with Crippen molar-refractivity contribution in [1.29, 1.82) is 0 Å². The Kier molecular flexibility index (Phi) is 7.43. The van der Waals surface area contributed by atoms with E-state index >= 15 is 0 Å². The third kappa shape index (κ3) is 5.89. The third-order valence-electron chi connectivity index (χ3n) is 2.95. The maximum Gasteiger partial charge on any atom is 0.222 e. The molecule has 4 nitrogen and oxygen atoms in total. The molecule has 0 radical (unpaired) electrons. The van der Waals surface area contributed by atoms with E-state index in [0.29, 0.717) is 19.6 Å². The van der Waals surface area contributed by atoms with Crippen LogP contribution in [0.5, 0.6) is 5.75 Å². The van der Waals surface area contributed by atoms with Crippen LogP contribution >= 0.6 is 0 Å². The van der Waals surface area contributed by atoms with Gasteiger partial charge in [-0.05, 0) is 37.7 Å². The lowest BCUT2D eigenvalue weighted by atomic mass is 10.2. The average molecular weight is 276 g/mol. The predicted octanol–water partition coefficient (Wildman–Crippen LogP) is 2.21. The highest BCUT2D eigenvalue weighted by Gasteiger charge is 2.08. The summed E-state index contributed by atoms with van der Waals surface area (Å²) in [4.78, 5) is 13.7. The number of ether oxygens (including phenoxy) is 1. The average Bonchev–Trinajstić information content (AvgIpc) is 2.46. The van der Waals surface area contributed by atoms with Crippen molar-refractivity contribution >= 4 is 5.91 Å². The van der Waals surface area contributed by atoms with Crippen molar-refractivity contribution in [2.24, 2.45) is 0 Å². The lowest BCUT2D eigenvalue weighted by Gasteiger charge is -2.17. The molecule has 110 valence electrons. The smallest absolute Gasteiger partial charge is 0.222 e. The number of nitrogens with one attached hydrogen (secondary N) is 1. The Morgan fingerprint density at radius 1 is 1.40 bits per heavy atom. The molecule has 0 saturated heterocycles. The maximum atomic E-state index is 11.9. The Morgan fingerprint density at radius 3 is 2.70 bits per heavy atom. The summed E-state index contributed by atoms with van der Waals surface area (Å²) in [5.74, 6) is 0.990. The first-order chi connectivity index (χ1) is 9.67. The largest absolute Gasteiger partial charge is 0.490 e. The Hall–Kier alpha value is -1.81. The van der Waals surface area contributed by atoms with E-state index in [1.54, 1.807) is 11.0 Å². The summed E-state index contributed by atoms with van der Waals surface area (Å²) < 4.78 is 5.42. The van der Waals surface area contributed by atoms with Gasteiger partial charge in [-0.25, -0.2) is 0 Å². The van der Waals surface area contributed by atoms with Crippen LogP contribution in [0.4, 0.5) is 0 Å². The van der Waals surface area contributed by atoms with Gasteiger partial charge >= 0.3 is 0 Å². The molecule has 1 rings (SSSR count). The second-order valence-corrected chi connectivity index (χ2v) is 4.70. The minimum absolute atomic E-state index is 0.173. The second-order valence-electron chi connectivity index (χ2n) is 4.70. The molecule has 0 spiro atoms. The SMILES string of the molecule is C=CCOc1ccc(CN(C)C(=O)CCCNC)cc1. The van der Waals surface area contributed by atoms with Crippen LogP contribution in [-0.2, 0) is 11.3 Å². The van der Waals surface area contributed by atoms with Gasteiger partial charge in [0.25, 0.3) is 0 Å². The summed E-state index contributed by atoms with van der Waals surface area (Å²) in [6, 6.07) is 7.79. The molecule has 1 aromatic rings. The van der Waals surface area contributed by atoms with E-state index < -0.39 is 0 Å². The highest BCUT2D eigenvalue weighted by atomic mass is 16.5. The van der Waals surface area contributed by atoms with Crippen LogP contribution in [-0.4, -0.2) is 38.1 Å². The van der Waals surface area contributed by atoms with E-state index in [1.165, 1.54) is 0 Å². The lowest BCUT2D eigenvalue weighted by Crippen LogP contribution is -2.26. The quantitative estimate of drug-likeness (QED) is 0.555. The Morgan fingerprint density at radius 2 is 2.10 bits per heavy atom. The number of carbonyl (C=O) groups excluding carboxylic acids is 1. The van der Waals surface area contributed by atoms with Gasteiger partial charge < -0.3 is 15.0 Å². The van der Waals surface area contributed by atoms with Crippen molar-refractivity contribution in [2.75, 3.05) is 27.2 Å². The Bertz CT molecular complexity index is 415. The van der Waals surface area contributed by atoms with Gasteiger partial charge in [0.05, 0.1) is 0 Å². The Balaban J connectivity index is 2.42. The van der Waals surface area contributed by atoms with Gasteiger partial charge in [0.1, 0.15) is 12.4 Å². The van der Waals surface area contributed by atoms with Crippen LogP contribution in [0.25, 0.3) is 0 Å². The zero-order valence-corrected chi connectivity index (χ0v) is 12.4. The van der Waals surface area contributed by atoms with Gasteiger partial charge in [0, 0.05) is 20.0 Å². The van der Waals surface area contributed by atoms with E-state index in [9.17, 15) is 4.79 Å². The number of benzene rings is 1. The first-order valence-electron chi connectivity index (χ1n) is 6.88. The summed E-state index contributed by atoms with van der Waals surface area (Å²) in [5.41, 5.74) is 1.10. The molecule has 0 atom stereocenters. The molecule has 1 N–H and O–H groups in total. The molecule has 1 aromatic carbocycles. The van der Waals surface area contributed by atoms with Crippen molar-refractivity contribution in [3.05, 3.63) is 42.5 Å². The van der Waals surface area contributed by atoms with Crippen molar-refractivity contribution in [1.82, 2.24) is 10.2 Å². The van der Waals surface area contributed by atoms with Crippen LogP contribution < -0.4 is 10.1 Å². The van der Waals surface area contributed by atoms with Gasteiger partial charge in [-0.2, -0.15) is 0 Å². The van der Waals surface area contributed by atoms with Crippen molar-refractivity contribution in [2.45, 2.75) is 19.4 Å². The summed E-state index contributed by atoms with van der Waals surface area (Å²) in [5, 5.41) is 3.04. The van der Waals surface area contributed by atoms with Crippen LogP contribution in [0.3, 0.4) is 0 Å². The number of hydrogen-bond acceptors (Lipinski definition) is 3. The molecule has 0 saturated carbocycles. The summed E-state index contributed by atoms with van der Waals surface area (Å²) in [6.07, 6.45) is 3.16. The monoisotopic (exact) mass is 276 g/mol. The zero-order chi connectivity index (χ0) is 14.8. The third-order valence-corrected chi connectivity index (χ3v) is 2.95. The highest BCUT2D eigenvalue weighted by molar-refractivity contribution is 5.75. The fourth-order valence-corrected chi connectivity index (χ4v) is 1.82. The van der Waals surface area contributed by atoms with Crippen molar-refractivity contribution < 1.29 is 9.53 Å². The first-order valence-corrected chi connectivity index (χ1v) is 6.88. The van der Waals surface area contributed by atoms with Crippen LogP contribution in [0.2, 0.25) is 0 Å². The van der Waals surface area contributed by atoms with Crippen LogP contribution in [0, 0.1) is 0 Å². The van der Waals surface area contributed by atoms with Gasteiger partial charge in [0.15, 0.2) is 0 Å². The lowest BCUT2D eigenvalue weighted by molar-refractivity contribution is -0.130. The number of rotatable bonds is 9. The predicted molar refractivity (Wildman–Crippen MR) is 81.8 cm³/mol. The molecule has 0 aliphatic carbocycles. The number of carbonyl (C=O) groups is 1. The van der Waals surface area contributed by atoms with E-state index in [4.69, 9.17) is 4.74 Å². The maximum absolute atomic E-state index is 11.9. The highest BCUT2D eigenvalue weighted by Crippen LogP contribution is 2.13. The summed E-state index contributed by atoms with van der Waals surface area (Å²) >= 11 is 0. The fourth-order valence-electron chi connectivity index (χ4n) is 1.82. The van der Waals surface area contributed by atoms with Crippen LogP contribution in [0.15, 0.2) is 36.9 Å². The van der Waals surface area contributed by atoms with Gasteiger partial charge in [-0.15, -0.1) is 0 Å². The van der Waals surface area contributed by atoms with Gasteiger partial charge in [0.2, 0.25) is 5.91 Å². The molecule has 0 bridgehead atoms. The van der Waals surface area contributed by atoms with E-state index in [1.807, 2.05) is 38.4 Å². The number of nitrogens with zero attached hydrogens (tertiary/aromatic N) is 1. The zero-order valence-electron chi connectivity index (χ0n) is 12.4. The molecular weight excluding hydrogens is 252 g/mol. The van der Waals surface area contributed by atoms with Crippen molar-refractivity contribution in [3.63, 3.8) is 0 Å². The van der Waals surface area contributed by atoms with E-state index in [2.05, 4.69) is 11.9 Å². The topological polar surface area (TPSA) is 41.6 Å². The number of amides is 1. The normalized spacial score (nSPS) is 10.1. The van der Waals surface area contributed by atoms with Gasteiger partial charge in [-0.1, -0.05) is 24.8 Å². The Labute approximate surface area is 121 Å². The minimum atomic E-state index is 0.173. The molecule has 0 fully saturated rings. The molecule has 0 aliphatic rings. The molecule has 20 heavy (non-hydrogen) atoms. The standard InChI is InChI=1S/C16H24N2O2/c1-4-12-20-15-9-7-14(8-10-15)13-18(3)16(19)6-5-11-17-2/h4,7-10,17H,1,5-6,11-13H2,2-3H3. The summed E-state index contributed by atoms with van der Waals surface area (Å²) in [7, 11) is 3.73. The molecule has 0 unspecified atom stereocenters. The summed E-state index contributed by atoms with van der Waals surface area (Å²) in [6.45, 7) is 5.61. The molecule has 4 heteroatoms. The molecule has 0 aromatic heterocycles. The van der Waals surface area contributed by atoms with E-state index in [-0.39, 0.29) is 5.91 Å². The molecular formula is C16H24N2O2. The second kappa shape index (κ2) is 9.15. The number of hydrogen-bond donors (Lipinski definition) is 1. The molecule has 0 aliphatic heterocycles. The van der Waals surface area contributed by atoms with Crippen molar-refractivity contribution in [3.8, 4) is 5.75 Å². The molecule has 1 amide bonds. The fraction of sp³-hybridized carbons (Fsp3) is 0.438. The van der Waals surface area contributed by atoms with E-state index in [0.717, 1.165) is 24.3 Å². The van der Waals surface area contributed by atoms with Crippen LogP contribution in [0.1, 0.15) is 18.4 Å². The first kappa shape index (κ1) is 16.2.